The number of halogens is 1. The zero-order chi connectivity index (χ0) is 24.2. The highest BCUT2D eigenvalue weighted by Crippen LogP contribution is 2.28. The summed E-state index contributed by atoms with van der Waals surface area (Å²) in [5.41, 5.74) is 0.839. The molecule has 3 rings (SSSR count). The van der Waals surface area contributed by atoms with E-state index >= 15 is 0 Å². The van der Waals surface area contributed by atoms with E-state index in [-0.39, 0.29) is 27.3 Å². The van der Waals surface area contributed by atoms with Gasteiger partial charge >= 0.3 is 5.97 Å². The molecule has 1 aliphatic heterocycles. The lowest BCUT2D eigenvalue weighted by atomic mass is 10.1. The molecule has 1 N–H and O–H groups in total. The maximum atomic E-state index is 12.8. The number of amides is 1. The van der Waals surface area contributed by atoms with Crippen LogP contribution in [0, 0.1) is 5.92 Å². The third kappa shape index (κ3) is 5.98. The van der Waals surface area contributed by atoms with Crippen LogP contribution in [0.3, 0.4) is 0 Å². The summed E-state index contributed by atoms with van der Waals surface area (Å²) in [6.07, 6.45) is 1.54. The van der Waals surface area contributed by atoms with Crippen LogP contribution < -0.4 is 5.32 Å². The van der Waals surface area contributed by atoms with Gasteiger partial charge in [-0.25, -0.2) is 13.2 Å². The molecule has 1 aliphatic rings. The fourth-order valence-electron chi connectivity index (χ4n) is 3.22. The minimum absolute atomic E-state index is 0.0131. The summed E-state index contributed by atoms with van der Waals surface area (Å²) < 4.78 is 32.1. The Balaban J connectivity index is 1.65. The van der Waals surface area contributed by atoms with Crippen molar-refractivity contribution in [3.8, 4) is 0 Å². The van der Waals surface area contributed by atoms with Crippen LogP contribution in [0.1, 0.15) is 47.4 Å². The van der Waals surface area contributed by atoms with Crippen LogP contribution in [0.4, 0.5) is 5.69 Å². The first-order valence-electron chi connectivity index (χ1n) is 10.5. The van der Waals surface area contributed by atoms with E-state index in [0.29, 0.717) is 24.3 Å². The molecule has 0 radical (unpaired) electrons. The van der Waals surface area contributed by atoms with Crippen LogP contribution in [0.15, 0.2) is 47.4 Å². The lowest BCUT2D eigenvalue weighted by molar-refractivity contribution is -0.118. The van der Waals surface area contributed by atoms with Gasteiger partial charge in [0.15, 0.2) is 12.4 Å². The van der Waals surface area contributed by atoms with E-state index in [1.165, 1.54) is 34.6 Å². The van der Waals surface area contributed by atoms with Gasteiger partial charge in [-0.2, -0.15) is 4.31 Å². The number of sulfonamides is 1. The Bertz CT molecular complexity index is 1160. The van der Waals surface area contributed by atoms with Crippen LogP contribution in [0.2, 0.25) is 5.02 Å². The van der Waals surface area contributed by atoms with E-state index in [4.69, 9.17) is 16.3 Å². The van der Waals surface area contributed by atoms with Gasteiger partial charge in [-0.3, -0.25) is 9.59 Å². The van der Waals surface area contributed by atoms with Gasteiger partial charge in [-0.1, -0.05) is 25.4 Å². The molecule has 8 nitrogen and oxygen atoms in total. The Kier molecular flexibility index (Phi) is 7.88. The van der Waals surface area contributed by atoms with Gasteiger partial charge < -0.3 is 10.1 Å². The molecule has 1 saturated heterocycles. The van der Waals surface area contributed by atoms with E-state index in [1.54, 1.807) is 26.0 Å². The molecular weight excluding hydrogens is 468 g/mol. The molecule has 0 spiro atoms. The summed E-state index contributed by atoms with van der Waals surface area (Å²) in [6.45, 7) is 3.83. The van der Waals surface area contributed by atoms with Crippen LogP contribution in [-0.4, -0.2) is 50.1 Å². The number of ether oxygens (including phenoxy) is 1. The van der Waals surface area contributed by atoms with Crippen LogP contribution >= 0.6 is 11.6 Å². The maximum absolute atomic E-state index is 12.8. The largest absolute Gasteiger partial charge is 0.454 e. The minimum Gasteiger partial charge on any atom is -0.454 e. The Morgan fingerprint density at radius 3 is 2.24 bits per heavy atom. The van der Waals surface area contributed by atoms with E-state index in [1.807, 2.05) is 0 Å². The number of esters is 1. The van der Waals surface area contributed by atoms with Gasteiger partial charge in [0.2, 0.25) is 15.9 Å². The van der Waals surface area contributed by atoms with E-state index in [0.717, 1.165) is 12.8 Å². The number of carbonyl (C=O) groups excluding carboxylic acids is 3. The van der Waals surface area contributed by atoms with Crippen molar-refractivity contribution < 1.29 is 27.5 Å². The zero-order valence-corrected chi connectivity index (χ0v) is 19.9. The van der Waals surface area contributed by atoms with E-state index < -0.39 is 28.4 Å². The minimum atomic E-state index is -3.82. The average molecular weight is 493 g/mol. The number of anilines is 1. The number of Topliss-reactive ketones (excluding diaryl/α,β-unsaturated/α-hetero) is 1. The summed E-state index contributed by atoms with van der Waals surface area (Å²) in [5, 5.41) is 2.74. The zero-order valence-electron chi connectivity index (χ0n) is 18.3. The van der Waals surface area contributed by atoms with Crippen molar-refractivity contribution in [2.45, 2.75) is 31.6 Å². The normalized spacial score (nSPS) is 14.3. The van der Waals surface area contributed by atoms with Crippen molar-refractivity contribution in [2.24, 2.45) is 5.92 Å². The second-order valence-electron chi connectivity index (χ2n) is 7.98. The molecule has 1 amide bonds. The monoisotopic (exact) mass is 492 g/mol. The van der Waals surface area contributed by atoms with Crippen molar-refractivity contribution in [2.75, 3.05) is 25.0 Å². The van der Waals surface area contributed by atoms with Gasteiger partial charge in [0.25, 0.3) is 0 Å². The predicted molar refractivity (Wildman–Crippen MR) is 124 cm³/mol. The van der Waals surface area contributed by atoms with Gasteiger partial charge in [-0.05, 0) is 55.3 Å². The van der Waals surface area contributed by atoms with Gasteiger partial charge in [0.1, 0.15) is 4.90 Å². The molecule has 0 atom stereocenters. The quantitative estimate of drug-likeness (QED) is 0.444. The van der Waals surface area contributed by atoms with Crippen molar-refractivity contribution in [1.82, 2.24) is 4.31 Å². The number of benzene rings is 2. The van der Waals surface area contributed by atoms with Gasteiger partial charge in [0.05, 0.1) is 10.6 Å². The Hall–Kier alpha value is -2.75. The molecule has 33 heavy (non-hydrogen) atoms. The smallest absolute Gasteiger partial charge is 0.338 e. The molecule has 10 heteroatoms. The number of hydrogen-bond donors (Lipinski definition) is 1. The number of nitrogens with one attached hydrogen (secondary N) is 1. The molecule has 1 heterocycles. The molecule has 1 fully saturated rings. The SMILES string of the molecule is CC(C)C(=O)Nc1ccc(C(=O)COC(=O)c2ccc(Cl)c(S(=O)(=O)N3CCCC3)c2)cc1. The first-order valence-corrected chi connectivity index (χ1v) is 12.3. The summed E-state index contributed by atoms with van der Waals surface area (Å²) in [6, 6.07) is 10.1. The van der Waals surface area contributed by atoms with E-state index in [2.05, 4.69) is 5.32 Å². The van der Waals surface area contributed by atoms with Gasteiger partial charge in [-0.15, -0.1) is 0 Å². The van der Waals surface area contributed by atoms with Crippen LogP contribution in [0.25, 0.3) is 0 Å². The lowest BCUT2D eigenvalue weighted by Gasteiger charge is -2.17. The number of ketones is 1. The Labute approximate surface area is 197 Å². The third-order valence-corrected chi connectivity index (χ3v) is 7.56. The molecule has 0 saturated carbocycles. The molecule has 0 unspecified atom stereocenters. The van der Waals surface area contributed by atoms with Crippen LogP contribution in [0.5, 0.6) is 0 Å². The number of rotatable bonds is 8. The number of nitrogens with zero attached hydrogens (tertiary/aromatic N) is 1. The average Bonchev–Trinajstić information content (AvgIpc) is 3.34. The number of carbonyl (C=O) groups is 3. The summed E-state index contributed by atoms with van der Waals surface area (Å²) >= 11 is 6.09. The second kappa shape index (κ2) is 10.5. The van der Waals surface area contributed by atoms with Crippen LogP contribution in [-0.2, 0) is 19.6 Å². The Morgan fingerprint density at radius 2 is 1.64 bits per heavy atom. The summed E-state index contributed by atoms with van der Waals surface area (Å²) in [7, 11) is -3.82. The number of hydrogen-bond acceptors (Lipinski definition) is 6. The summed E-state index contributed by atoms with van der Waals surface area (Å²) in [5.74, 6) is -1.59. The molecule has 2 aromatic carbocycles. The third-order valence-electron chi connectivity index (χ3n) is 5.18. The van der Waals surface area contributed by atoms with Crippen molar-refractivity contribution in [3.05, 3.63) is 58.6 Å². The van der Waals surface area contributed by atoms with E-state index in [9.17, 15) is 22.8 Å². The molecule has 2 aromatic rings. The first kappa shape index (κ1) is 24.9. The maximum Gasteiger partial charge on any atom is 0.338 e. The standard InChI is InChI=1S/C23H25ClN2O6S/c1-15(2)22(28)25-18-8-5-16(6-9-18)20(27)14-32-23(29)17-7-10-19(24)21(13-17)33(30,31)26-11-3-4-12-26/h5-10,13,15H,3-4,11-12,14H2,1-2H3,(H,25,28). The second-order valence-corrected chi connectivity index (χ2v) is 10.3. The fraction of sp³-hybridized carbons (Fsp3) is 0.348. The van der Waals surface area contributed by atoms with Gasteiger partial charge in [0, 0.05) is 30.3 Å². The molecule has 0 aliphatic carbocycles. The molecular formula is C23H25ClN2O6S. The highest BCUT2D eigenvalue weighted by Gasteiger charge is 2.30. The Morgan fingerprint density at radius 1 is 1.03 bits per heavy atom. The first-order chi connectivity index (χ1) is 15.6. The fourth-order valence-corrected chi connectivity index (χ4v) is 5.24. The predicted octanol–water partition coefficient (Wildman–Crippen LogP) is 3.76. The summed E-state index contributed by atoms with van der Waals surface area (Å²) in [4.78, 5) is 36.4. The van der Waals surface area contributed by atoms with Crippen molar-refractivity contribution >= 4 is 45.0 Å². The molecule has 0 bridgehead atoms. The van der Waals surface area contributed by atoms with Crippen molar-refractivity contribution in [1.29, 1.82) is 0 Å². The van der Waals surface area contributed by atoms with Crippen molar-refractivity contribution in [3.63, 3.8) is 0 Å². The molecule has 176 valence electrons. The highest BCUT2D eigenvalue weighted by molar-refractivity contribution is 7.89. The topological polar surface area (TPSA) is 110 Å². The molecule has 0 aromatic heterocycles. The lowest BCUT2D eigenvalue weighted by Crippen LogP contribution is -2.28. The highest BCUT2D eigenvalue weighted by atomic mass is 35.5.